The molecule has 1 aromatic heterocycles. The first kappa shape index (κ1) is 15.2. The molecule has 0 saturated heterocycles. The summed E-state index contributed by atoms with van der Waals surface area (Å²) in [5.74, 6) is -3.76. The number of aromatic carboxylic acids is 1. The Balaban J connectivity index is 2.73. The average molecular weight is 295 g/mol. The molecule has 0 atom stereocenters. The van der Waals surface area contributed by atoms with E-state index >= 15 is 0 Å². The maximum absolute atomic E-state index is 14.1. The summed E-state index contributed by atoms with van der Waals surface area (Å²) in [4.78, 5) is 15.2. The molecule has 0 saturated carbocycles. The highest BCUT2D eigenvalue weighted by Gasteiger charge is 2.31. The molecule has 4 nitrogen and oxygen atoms in total. The van der Waals surface area contributed by atoms with Crippen LogP contribution in [-0.2, 0) is 5.41 Å². The Morgan fingerprint density at radius 2 is 1.90 bits per heavy atom. The Kier molecular flexibility index (Phi) is 3.57. The van der Waals surface area contributed by atoms with Gasteiger partial charge in [0.1, 0.15) is 22.9 Å². The van der Waals surface area contributed by atoms with Gasteiger partial charge in [0.25, 0.3) is 0 Å². The minimum Gasteiger partial charge on any atom is -0.475 e. The van der Waals surface area contributed by atoms with Gasteiger partial charge in [-0.3, -0.25) is 0 Å². The van der Waals surface area contributed by atoms with Gasteiger partial charge >= 0.3 is 5.97 Å². The number of oxazole rings is 1. The van der Waals surface area contributed by atoms with E-state index in [4.69, 9.17) is 9.52 Å². The Hall–Kier alpha value is -2.24. The molecule has 1 aromatic carbocycles. The fourth-order valence-corrected chi connectivity index (χ4v) is 1.93. The van der Waals surface area contributed by atoms with Crippen LogP contribution < -0.4 is 0 Å². The predicted molar refractivity (Wildman–Crippen MR) is 72.3 cm³/mol. The normalized spacial score (nSPS) is 11.7. The van der Waals surface area contributed by atoms with Crippen molar-refractivity contribution < 1.29 is 23.1 Å². The van der Waals surface area contributed by atoms with Gasteiger partial charge in [-0.15, -0.1) is 0 Å². The first-order valence-electron chi connectivity index (χ1n) is 6.32. The average Bonchev–Trinajstić information content (AvgIpc) is 2.79. The summed E-state index contributed by atoms with van der Waals surface area (Å²) in [6.45, 7) is 6.70. The third-order valence-electron chi connectivity index (χ3n) is 3.03. The van der Waals surface area contributed by atoms with Crippen molar-refractivity contribution in [2.24, 2.45) is 0 Å². The van der Waals surface area contributed by atoms with Crippen LogP contribution in [0, 0.1) is 18.6 Å². The number of halogens is 2. The fourth-order valence-electron chi connectivity index (χ4n) is 1.93. The molecule has 1 heterocycles. The maximum atomic E-state index is 14.1. The lowest BCUT2D eigenvalue weighted by molar-refractivity contribution is 0.0659. The van der Waals surface area contributed by atoms with Crippen LogP contribution in [0.3, 0.4) is 0 Å². The van der Waals surface area contributed by atoms with Crippen molar-refractivity contribution in [1.82, 2.24) is 4.98 Å². The number of carbonyl (C=O) groups is 1. The molecule has 0 bridgehead atoms. The van der Waals surface area contributed by atoms with E-state index in [1.54, 1.807) is 20.8 Å². The molecular formula is C15H15F2NO3. The first-order valence-corrected chi connectivity index (χ1v) is 6.32. The third kappa shape index (κ3) is 2.66. The molecule has 0 spiro atoms. The molecular weight excluding hydrogens is 280 g/mol. The zero-order valence-corrected chi connectivity index (χ0v) is 12.1. The van der Waals surface area contributed by atoms with Crippen LogP contribution in [0.2, 0.25) is 0 Å². The lowest BCUT2D eigenvalue weighted by Crippen LogP contribution is -2.16. The van der Waals surface area contributed by atoms with Gasteiger partial charge in [-0.1, -0.05) is 26.8 Å². The molecule has 6 heteroatoms. The van der Waals surface area contributed by atoms with Gasteiger partial charge in [-0.25, -0.2) is 18.6 Å². The summed E-state index contributed by atoms with van der Waals surface area (Å²) in [6.07, 6.45) is 0. The lowest BCUT2D eigenvalue weighted by atomic mass is 9.91. The lowest BCUT2D eigenvalue weighted by Gasteiger charge is -2.14. The van der Waals surface area contributed by atoms with Gasteiger partial charge in [0, 0.05) is 5.41 Å². The van der Waals surface area contributed by atoms with Gasteiger partial charge in [-0.05, 0) is 18.6 Å². The minimum atomic E-state index is -1.33. The van der Waals surface area contributed by atoms with Gasteiger partial charge in [0.2, 0.25) is 11.7 Å². The molecule has 112 valence electrons. The Morgan fingerprint density at radius 3 is 2.38 bits per heavy atom. The Morgan fingerprint density at radius 1 is 1.29 bits per heavy atom. The number of aryl methyl sites for hydroxylation is 1. The van der Waals surface area contributed by atoms with E-state index in [1.165, 1.54) is 13.0 Å². The van der Waals surface area contributed by atoms with Crippen LogP contribution in [0.25, 0.3) is 11.5 Å². The maximum Gasteiger partial charge on any atom is 0.373 e. The number of benzene rings is 1. The molecule has 1 N–H and O–H groups in total. The molecule has 0 radical (unpaired) electrons. The number of carboxylic acid groups (broad SMARTS) is 1. The van der Waals surface area contributed by atoms with Crippen LogP contribution >= 0.6 is 0 Å². The molecule has 21 heavy (non-hydrogen) atoms. The Bertz CT molecular complexity index is 714. The van der Waals surface area contributed by atoms with E-state index < -0.39 is 34.3 Å². The topological polar surface area (TPSA) is 63.3 Å². The number of hydrogen-bond acceptors (Lipinski definition) is 3. The molecule has 0 aliphatic heterocycles. The predicted octanol–water partition coefficient (Wildman–Crippen LogP) is 3.92. The van der Waals surface area contributed by atoms with Crippen molar-refractivity contribution in [3.63, 3.8) is 0 Å². The molecule has 2 rings (SSSR count). The van der Waals surface area contributed by atoms with E-state index in [9.17, 15) is 13.6 Å². The van der Waals surface area contributed by atoms with Crippen LogP contribution in [0.5, 0.6) is 0 Å². The van der Waals surface area contributed by atoms with Crippen molar-refractivity contribution in [2.75, 3.05) is 0 Å². The van der Waals surface area contributed by atoms with E-state index in [-0.39, 0.29) is 17.1 Å². The van der Waals surface area contributed by atoms with E-state index in [0.29, 0.717) is 0 Å². The molecule has 2 aromatic rings. The highest BCUT2D eigenvalue weighted by molar-refractivity contribution is 5.86. The molecule has 0 fully saturated rings. The van der Waals surface area contributed by atoms with Crippen LogP contribution in [0.15, 0.2) is 16.5 Å². The summed E-state index contributed by atoms with van der Waals surface area (Å²) >= 11 is 0. The van der Waals surface area contributed by atoms with Crippen LogP contribution in [0.4, 0.5) is 8.78 Å². The standard InChI is InChI=1S/C15H15F2NO3/c1-7-5-6-8(16)9(10(7)17)13-18-12(15(2,3)4)11(21-13)14(19)20/h5-6H,1-4H3,(H,19,20). The molecule has 0 aliphatic rings. The molecule has 0 aliphatic carbocycles. The van der Waals surface area contributed by atoms with Crippen LogP contribution in [0.1, 0.15) is 42.6 Å². The quantitative estimate of drug-likeness (QED) is 0.912. The van der Waals surface area contributed by atoms with Crippen LogP contribution in [-0.4, -0.2) is 16.1 Å². The monoisotopic (exact) mass is 295 g/mol. The van der Waals surface area contributed by atoms with Gasteiger partial charge in [0.05, 0.1) is 0 Å². The van der Waals surface area contributed by atoms with Gasteiger partial charge in [0.15, 0.2) is 0 Å². The van der Waals surface area contributed by atoms with Crippen molar-refractivity contribution >= 4 is 5.97 Å². The number of carboxylic acids is 1. The molecule has 0 amide bonds. The summed E-state index contributed by atoms with van der Waals surface area (Å²) < 4.78 is 33.1. The van der Waals surface area contributed by atoms with Crippen molar-refractivity contribution in [2.45, 2.75) is 33.1 Å². The zero-order valence-electron chi connectivity index (χ0n) is 12.1. The largest absolute Gasteiger partial charge is 0.475 e. The van der Waals surface area contributed by atoms with Crippen molar-refractivity contribution in [3.8, 4) is 11.5 Å². The minimum absolute atomic E-state index is 0.144. The van der Waals surface area contributed by atoms with Gasteiger partial charge < -0.3 is 9.52 Å². The first-order chi connectivity index (χ1) is 9.62. The smallest absolute Gasteiger partial charge is 0.373 e. The second-order valence-electron chi connectivity index (χ2n) is 5.81. The van der Waals surface area contributed by atoms with Crippen molar-refractivity contribution in [3.05, 3.63) is 40.8 Å². The summed E-state index contributed by atoms with van der Waals surface area (Å²) in [5.41, 5.74) is -0.719. The molecule has 0 unspecified atom stereocenters. The highest BCUT2D eigenvalue weighted by atomic mass is 19.1. The van der Waals surface area contributed by atoms with Crippen molar-refractivity contribution in [1.29, 1.82) is 0 Å². The summed E-state index contributed by atoms with van der Waals surface area (Å²) in [6, 6.07) is 2.38. The Labute approximate surface area is 120 Å². The SMILES string of the molecule is Cc1ccc(F)c(-c2nc(C(C)(C)C)c(C(=O)O)o2)c1F. The van der Waals surface area contributed by atoms with E-state index in [0.717, 1.165) is 6.07 Å². The number of aromatic nitrogens is 1. The van der Waals surface area contributed by atoms with E-state index in [1.807, 2.05) is 0 Å². The van der Waals surface area contributed by atoms with E-state index in [2.05, 4.69) is 4.98 Å². The fraction of sp³-hybridized carbons (Fsp3) is 0.333. The number of rotatable bonds is 2. The second-order valence-corrected chi connectivity index (χ2v) is 5.81. The second kappa shape index (κ2) is 4.95. The zero-order chi connectivity index (χ0) is 15.9. The highest BCUT2D eigenvalue weighted by Crippen LogP contribution is 2.33. The van der Waals surface area contributed by atoms with Gasteiger partial charge in [-0.2, -0.15) is 0 Å². The third-order valence-corrected chi connectivity index (χ3v) is 3.03. The number of nitrogens with zero attached hydrogens (tertiary/aromatic N) is 1. The summed E-state index contributed by atoms with van der Waals surface area (Å²) in [5, 5.41) is 9.16. The summed E-state index contributed by atoms with van der Waals surface area (Å²) in [7, 11) is 0. The number of hydrogen-bond donors (Lipinski definition) is 1.